The van der Waals surface area contributed by atoms with Crippen LogP contribution in [0, 0.1) is 0 Å². The smallest absolute Gasteiger partial charge is 0.164 e. The van der Waals surface area contributed by atoms with Crippen molar-refractivity contribution >= 4 is 53.6 Å². The molecule has 0 aliphatic heterocycles. The highest BCUT2D eigenvalue weighted by Gasteiger charge is 2.20. The average molecular weight is 812 g/mol. The van der Waals surface area contributed by atoms with Crippen LogP contribution in [-0.2, 0) is 0 Å². The Hall–Kier alpha value is -8.13. The van der Waals surface area contributed by atoms with Crippen molar-refractivity contribution in [2.75, 3.05) is 0 Å². The number of nitrogens with zero attached hydrogens (tertiary/aromatic N) is 5. The number of hydrogen-bond donors (Lipinski definition) is 0. The summed E-state index contributed by atoms with van der Waals surface area (Å²) in [5, 5.41) is 3.17. The van der Waals surface area contributed by atoms with Gasteiger partial charge in [0.25, 0.3) is 0 Å². The summed E-state index contributed by atoms with van der Waals surface area (Å²) >= 11 is 1.75. The number of aromatic nitrogens is 5. The molecule has 0 aliphatic carbocycles. The summed E-state index contributed by atoms with van der Waals surface area (Å²) in [4.78, 5) is 25.3. The molecule has 7 heteroatoms. The molecule has 0 amide bonds. The minimum atomic E-state index is 0.585. The van der Waals surface area contributed by atoms with E-state index in [1.54, 1.807) is 11.3 Å². The van der Waals surface area contributed by atoms with E-state index in [4.69, 9.17) is 29.3 Å². The van der Waals surface area contributed by atoms with Crippen LogP contribution in [0.4, 0.5) is 0 Å². The van der Waals surface area contributed by atoms with Crippen molar-refractivity contribution < 1.29 is 4.42 Å². The van der Waals surface area contributed by atoms with Gasteiger partial charge in [0.1, 0.15) is 11.2 Å². The second-order valence-electron chi connectivity index (χ2n) is 15.2. The van der Waals surface area contributed by atoms with Gasteiger partial charge in [-0.3, -0.25) is 0 Å². The second-order valence-corrected chi connectivity index (χ2v) is 16.3. The third-order valence-electron chi connectivity index (χ3n) is 11.4. The van der Waals surface area contributed by atoms with Crippen molar-refractivity contribution in [2.45, 2.75) is 0 Å². The monoisotopic (exact) mass is 811 g/mol. The van der Waals surface area contributed by atoms with Crippen LogP contribution in [0.25, 0.3) is 121 Å². The van der Waals surface area contributed by atoms with Gasteiger partial charge in [-0.25, -0.2) is 24.9 Å². The maximum Gasteiger partial charge on any atom is 0.164 e. The minimum absolute atomic E-state index is 0.585. The van der Waals surface area contributed by atoms with Crippen LogP contribution in [0.5, 0.6) is 0 Å². The van der Waals surface area contributed by atoms with Gasteiger partial charge in [-0.2, -0.15) is 0 Å². The fraction of sp³-hybridized carbons (Fsp3) is 0. The van der Waals surface area contributed by atoms with Gasteiger partial charge < -0.3 is 4.42 Å². The van der Waals surface area contributed by atoms with E-state index < -0.39 is 0 Å². The number of fused-ring (bicyclic) bond motifs is 6. The highest BCUT2D eigenvalue weighted by molar-refractivity contribution is 7.26. The zero-order valence-electron chi connectivity index (χ0n) is 33.1. The highest BCUT2D eigenvalue weighted by atomic mass is 32.1. The van der Waals surface area contributed by atoms with Crippen LogP contribution >= 0.6 is 11.3 Å². The molecule has 0 N–H and O–H groups in total. The minimum Gasteiger partial charge on any atom is -0.456 e. The first-order valence-electron chi connectivity index (χ1n) is 20.5. The van der Waals surface area contributed by atoms with Crippen molar-refractivity contribution in [2.24, 2.45) is 0 Å². The molecule has 6 nitrogen and oxygen atoms in total. The van der Waals surface area contributed by atoms with Crippen LogP contribution in [0.1, 0.15) is 0 Å². The zero-order valence-corrected chi connectivity index (χ0v) is 33.9. The first kappa shape index (κ1) is 35.8. The van der Waals surface area contributed by atoms with E-state index >= 15 is 0 Å². The van der Waals surface area contributed by atoms with Crippen LogP contribution in [0.15, 0.2) is 205 Å². The van der Waals surface area contributed by atoms with Gasteiger partial charge in [0, 0.05) is 48.7 Å². The summed E-state index contributed by atoms with van der Waals surface area (Å²) in [5.41, 5.74) is 12.8. The van der Waals surface area contributed by atoms with E-state index in [0.717, 1.165) is 86.9 Å². The topological polar surface area (TPSA) is 77.6 Å². The second kappa shape index (κ2) is 14.9. The summed E-state index contributed by atoms with van der Waals surface area (Å²) in [6.07, 6.45) is 0. The standard InChI is InChI=1S/C55H33N5OS/c1-5-14-34(15-6-1)35-24-26-36(27-25-35)48-51-49(57-52(56-48)37-16-7-2-8-17-37)44-23-13-22-42(50(44)62-51)40-29-31-46-45(32-40)43-30-28-41(33-47(43)61-46)55-59-53(38-18-9-3-10-19-38)58-54(60-55)39-20-11-4-12-21-39/h1-33H. The third kappa shape index (κ3) is 6.31. The molecule has 0 saturated carbocycles. The van der Waals surface area contributed by atoms with Crippen molar-refractivity contribution in [3.05, 3.63) is 200 Å². The zero-order chi connectivity index (χ0) is 41.0. The van der Waals surface area contributed by atoms with Crippen LogP contribution in [0.2, 0.25) is 0 Å². The van der Waals surface area contributed by atoms with Gasteiger partial charge >= 0.3 is 0 Å². The van der Waals surface area contributed by atoms with Gasteiger partial charge in [-0.05, 0) is 46.5 Å². The van der Waals surface area contributed by atoms with Crippen LogP contribution < -0.4 is 0 Å². The lowest BCUT2D eigenvalue weighted by Gasteiger charge is -2.08. The Labute approximate surface area is 360 Å². The van der Waals surface area contributed by atoms with Crippen LogP contribution in [0.3, 0.4) is 0 Å². The Morgan fingerprint density at radius 2 is 0.823 bits per heavy atom. The predicted octanol–water partition coefficient (Wildman–Crippen LogP) is 14.6. The Kier molecular flexibility index (Phi) is 8.57. The first-order valence-corrected chi connectivity index (χ1v) is 21.3. The number of thiophene rings is 1. The molecule has 0 aliphatic rings. The summed E-state index contributed by atoms with van der Waals surface area (Å²) in [5.74, 6) is 2.53. The maximum atomic E-state index is 6.54. The summed E-state index contributed by atoms with van der Waals surface area (Å²) < 4.78 is 8.77. The molecule has 0 fully saturated rings. The maximum absolute atomic E-state index is 6.54. The number of rotatable bonds is 7. The molecule has 0 radical (unpaired) electrons. The van der Waals surface area contributed by atoms with Crippen LogP contribution in [-0.4, -0.2) is 24.9 Å². The molecular formula is C55H33N5OS. The van der Waals surface area contributed by atoms with E-state index in [1.807, 2.05) is 91.0 Å². The number of hydrogen-bond acceptors (Lipinski definition) is 7. The summed E-state index contributed by atoms with van der Waals surface area (Å²) in [6, 6.07) is 68.7. The lowest BCUT2D eigenvalue weighted by molar-refractivity contribution is 0.669. The van der Waals surface area contributed by atoms with Crippen molar-refractivity contribution in [3.8, 4) is 79.1 Å². The van der Waals surface area contributed by atoms with E-state index in [1.165, 1.54) is 11.1 Å². The summed E-state index contributed by atoms with van der Waals surface area (Å²) in [7, 11) is 0. The Morgan fingerprint density at radius 3 is 1.45 bits per heavy atom. The first-order chi connectivity index (χ1) is 30.7. The quantitative estimate of drug-likeness (QED) is 0.160. The molecule has 0 atom stereocenters. The lowest BCUT2D eigenvalue weighted by Crippen LogP contribution is -2.00. The SMILES string of the molecule is c1ccc(-c2ccc(-c3nc(-c4ccccc4)nc4c3sc3c(-c5ccc6oc7cc(-c8nc(-c9ccccc9)nc(-c9ccccc9)n8)ccc7c6c5)cccc34)cc2)cc1. The third-order valence-corrected chi connectivity index (χ3v) is 12.6. The van der Waals surface area contributed by atoms with E-state index in [-0.39, 0.29) is 0 Å². The van der Waals surface area contributed by atoms with Gasteiger partial charge in [-0.1, -0.05) is 176 Å². The fourth-order valence-electron chi connectivity index (χ4n) is 8.28. The van der Waals surface area contributed by atoms with Gasteiger partial charge in [0.15, 0.2) is 23.3 Å². The molecule has 0 spiro atoms. The molecule has 0 unspecified atom stereocenters. The Balaban J connectivity index is 0.971. The normalized spacial score (nSPS) is 11.5. The predicted molar refractivity (Wildman–Crippen MR) is 254 cm³/mol. The van der Waals surface area contributed by atoms with Gasteiger partial charge in [0.2, 0.25) is 0 Å². The molecule has 62 heavy (non-hydrogen) atoms. The lowest BCUT2D eigenvalue weighted by atomic mass is 10.0. The number of benzene rings is 8. The molecule has 4 aromatic heterocycles. The highest BCUT2D eigenvalue weighted by Crippen LogP contribution is 2.44. The largest absolute Gasteiger partial charge is 0.456 e. The Bertz CT molecular complexity index is 3550. The average Bonchev–Trinajstić information content (AvgIpc) is 3.92. The molecule has 290 valence electrons. The molecule has 12 aromatic rings. The molecule has 0 bridgehead atoms. The number of furan rings is 1. The summed E-state index contributed by atoms with van der Waals surface area (Å²) in [6.45, 7) is 0. The molecular weight excluding hydrogens is 779 g/mol. The van der Waals surface area contributed by atoms with E-state index in [2.05, 4.69) is 109 Å². The fourth-order valence-corrected chi connectivity index (χ4v) is 9.56. The molecule has 8 aromatic carbocycles. The van der Waals surface area contributed by atoms with Crippen molar-refractivity contribution in [3.63, 3.8) is 0 Å². The van der Waals surface area contributed by atoms with Gasteiger partial charge in [-0.15, -0.1) is 11.3 Å². The Morgan fingerprint density at radius 1 is 0.306 bits per heavy atom. The van der Waals surface area contributed by atoms with Crippen molar-refractivity contribution in [1.29, 1.82) is 0 Å². The molecule has 4 heterocycles. The van der Waals surface area contributed by atoms with Gasteiger partial charge in [0.05, 0.1) is 15.9 Å². The molecule has 12 rings (SSSR count). The van der Waals surface area contributed by atoms with E-state index in [0.29, 0.717) is 23.3 Å². The van der Waals surface area contributed by atoms with Crippen molar-refractivity contribution in [1.82, 2.24) is 24.9 Å². The molecule has 0 saturated heterocycles. The van der Waals surface area contributed by atoms with E-state index in [9.17, 15) is 0 Å².